The van der Waals surface area contributed by atoms with Crippen LogP contribution in [0.4, 0.5) is 4.39 Å². The molecule has 1 aliphatic rings. The summed E-state index contributed by atoms with van der Waals surface area (Å²) in [7, 11) is 1.92. The van der Waals surface area contributed by atoms with E-state index in [0.717, 1.165) is 24.9 Å². The second kappa shape index (κ2) is 7.69. The molecule has 2 unspecified atom stereocenters. The Hall–Kier alpha value is -2.35. The number of hydrogen-bond acceptors (Lipinski definition) is 5. The zero-order valence-electron chi connectivity index (χ0n) is 14.5. The summed E-state index contributed by atoms with van der Waals surface area (Å²) >= 11 is 0. The first kappa shape index (κ1) is 17.5. The minimum absolute atomic E-state index is 0.000301. The van der Waals surface area contributed by atoms with Crippen molar-refractivity contribution in [2.45, 2.75) is 38.3 Å². The van der Waals surface area contributed by atoms with E-state index < -0.39 is 6.04 Å². The van der Waals surface area contributed by atoms with Crippen molar-refractivity contribution in [2.75, 3.05) is 20.1 Å². The average molecular weight is 346 g/mol. The Morgan fingerprint density at radius 3 is 2.80 bits per heavy atom. The predicted molar refractivity (Wildman–Crippen MR) is 90.4 cm³/mol. The van der Waals surface area contributed by atoms with Crippen LogP contribution in [0.25, 0.3) is 0 Å². The lowest BCUT2D eigenvalue weighted by Crippen LogP contribution is -2.49. The third kappa shape index (κ3) is 4.01. The van der Waals surface area contributed by atoms with Gasteiger partial charge in [0, 0.05) is 25.6 Å². The maximum Gasteiger partial charge on any atom is 0.247 e. The third-order valence-corrected chi connectivity index (χ3v) is 4.72. The van der Waals surface area contributed by atoms with E-state index in [1.165, 1.54) is 12.1 Å². The highest BCUT2D eigenvalue weighted by Crippen LogP contribution is 2.21. The number of piperidine rings is 1. The van der Waals surface area contributed by atoms with E-state index >= 15 is 0 Å². The third-order valence-electron chi connectivity index (χ3n) is 4.72. The average Bonchev–Trinajstić information content (AvgIpc) is 3.06. The van der Waals surface area contributed by atoms with Gasteiger partial charge in [-0.1, -0.05) is 12.1 Å². The topological polar surface area (TPSA) is 75.9 Å². The van der Waals surface area contributed by atoms with Crippen LogP contribution in [0.3, 0.4) is 0 Å². The lowest BCUT2D eigenvalue weighted by atomic mass is 10.0. The van der Waals surface area contributed by atoms with Crippen molar-refractivity contribution >= 4 is 5.91 Å². The van der Waals surface area contributed by atoms with Crippen LogP contribution in [-0.4, -0.2) is 57.2 Å². The van der Waals surface area contributed by atoms with Gasteiger partial charge in [-0.15, -0.1) is 5.10 Å². The van der Waals surface area contributed by atoms with E-state index in [-0.39, 0.29) is 11.7 Å². The standard InChI is InChI=1S/C17H23FN6O/c1-12-20-21-22-24(12)16(10-13-5-7-14(18)8-6-13)17(25)23-9-3-4-15(11-23)19-2/h5-8,15-16,19H,3-4,9-11H2,1-2H3. The van der Waals surface area contributed by atoms with Crippen LogP contribution in [0.1, 0.15) is 30.3 Å². The number of benzene rings is 1. The van der Waals surface area contributed by atoms with Crippen LogP contribution in [0.2, 0.25) is 0 Å². The van der Waals surface area contributed by atoms with Crippen molar-refractivity contribution in [3.05, 3.63) is 41.5 Å². The van der Waals surface area contributed by atoms with E-state index in [0.29, 0.717) is 24.8 Å². The number of likely N-dealkylation sites (N-methyl/N-ethyl adjacent to an activating group) is 1. The number of aryl methyl sites for hydroxylation is 1. The molecule has 1 N–H and O–H groups in total. The van der Waals surface area contributed by atoms with Crippen molar-refractivity contribution < 1.29 is 9.18 Å². The molecule has 1 saturated heterocycles. The van der Waals surface area contributed by atoms with Gasteiger partial charge in [0.25, 0.3) is 0 Å². The van der Waals surface area contributed by atoms with Gasteiger partial charge in [-0.3, -0.25) is 4.79 Å². The van der Waals surface area contributed by atoms with E-state index in [1.54, 1.807) is 23.7 Å². The number of nitrogens with one attached hydrogen (secondary N) is 1. The number of halogens is 1. The number of carbonyl (C=O) groups excluding carboxylic acids is 1. The van der Waals surface area contributed by atoms with E-state index in [2.05, 4.69) is 20.8 Å². The van der Waals surface area contributed by atoms with Crippen molar-refractivity contribution in [2.24, 2.45) is 0 Å². The largest absolute Gasteiger partial charge is 0.339 e. The quantitative estimate of drug-likeness (QED) is 0.878. The zero-order chi connectivity index (χ0) is 17.8. The molecule has 1 aromatic carbocycles. The van der Waals surface area contributed by atoms with Gasteiger partial charge in [0.15, 0.2) is 0 Å². The summed E-state index contributed by atoms with van der Waals surface area (Å²) in [5.74, 6) is 0.292. The molecule has 7 nitrogen and oxygen atoms in total. The van der Waals surface area contributed by atoms with E-state index in [1.807, 2.05) is 11.9 Å². The number of nitrogens with zero attached hydrogens (tertiary/aromatic N) is 5. The van der Waals surface area contributed by atoms with Crippen molar-refractivity contribution in [3.8, 4) is 0 Å². The molecule has 1 aromatic heterocycles. The fraction of sp³-hybridized carbons (Fsp3) is 0.529. The number of amides is 1. The van der Waals surface area contributed by atoms with Crippen LogP contribution >= 0.6 is 0 Å². The van der Waals surface area contributed by atoms with E-state index in [9.17, 15) is 9.18 Å². The summed E-state index contributed by atoms with van der Waals surface area (Å²) in [5, 5.41) is 14.8. The SMILES string of the molecule is CNC1CCCN(C(=O)C(Cc2ccc(F)cc2)n2nnnc2C)C1. The van der Waals surface area contributed by atoms with Crippen molar-refractivity contribution in [3.63, 3.8) is 0 Å². The molecule has 2 atom stereocenters. The highest BCUT2D eigenvalue weighted by Gasteiger charge is 2.31. The lowest BCUT2D eigenvalue weighted by Gasteiger charge is -2.34. The van der Waals surface area contributed by atoms with Gasteiger partial charge in [-0.2, -0.15) is 0 Å². The first-order valence-corrected chi connectivity index (χ1v) is 8.53. The molecule has 3 rings (SSSR count). The molecule has 0 saturated carbocycles. The summed E-state index contributed by atoms with van der Waals surface area (Å²) in [6.07, 6.45) is 2.45. The fourth-order valence-corrected chi connectivity index (χ4v) is 3.27. The Kier molecular flexibility index (Phi) is 5.37. The first-order valence-electron chi connectivity index (χ1n) is 8.53. The van der Waals surface area contributed by atoms with Gasteiger partial charge in [-0.05, 0) is 54.9 Å². The van der Waals surface area contributed by atoms with Gasteiger partial charge >= 0.3 is 0 Å². The molecule has 1 fully saturated rings. The highest BCUT2D eigenvalue weighted by molar-refractivity contribution is 5.81. The number of aromatic nitrogens is 4. The zero-order valence-corrected chi connectivity index (χ0v) is 14.5. The van der Waals surface area contributed by atoms with Gasteiger partial charge in [0.05, 0.1) is 0 Å². The number of rotatable bonds is 5. The van der Waals surface area contributed by atoms with Crippen LogP contribution in [0.5, 0.6) is 0 Å². The molecule has 0 bridgehead atoms. The lowest BCUT2D eigenvalue weighted by molar-refractivity contribution is -0.136. The molecule has 2 heterocycles. The Labute approximate surface area is 146 Å². The normalized spacial score (nSPS) is 19.0. The van der Waals surface area contributed by atoms with Gasteiger partial charge in [0.2, 0.25) is 5.91 Å². The molecular formula is C17H23FN6O. The molecule has 2 aromatic rings. The van der Waals surface area contributed by atoms with Crippen molar-refractivity contribution in [1.82, 2.24) is 30.4 Å². The minimum atomic E-state index is -0.531. The van der Waals surface area contributed by atoms with Gasteiger partial charge < -0.3 is 10.2 Å². The molecule has 0 spiro atoms. The second-order valence-electron chi connectivity index (χ2n) is 6.43. The Bertz CT molecular complexity index is 716. The first-order chi connectivity index (χ1) is 12.1. The molecule has 1 aliphatic heterocycles. The van der Waals surface area contributed by atoms with Crippen LogP contribution in [0, 0.1) is 12.7 Å². The summed E-state index contributed by atoms with van der Waals surface area (Å²) in [5.41, 5.74) is 0.872. The van der Waals surface area contributed by atoms with Crippen LogP contribution < -0.4 is 5.32 Å². The van der Waals surface area contributed by atoms with Crippen LogP contribution in [0.15, 0.2) is 24.3 Å². The monoisotopic (exact) mass is 346 g/mol. The molecule has 0 radical (unpaired) electrons. The Morgan fingerprint density at radius 1 is 1.40 bits per heavy atom. The maximum atomic E-state index is 13.2. The molecule has 134 valence electrons. The molecule has 1 amide bonds. The number of likely N-dealkylation sites (tertiary alicyclic amines) is 1. The maximum absolute atomic E-state index is 13.2. The number of carbonyl (C=O) groups is 1. The Morgan fingerprint density at radius 2 is 2.16 bits per heavy atom. The summed E-state index contributed by atoms with van der Waals surface area (Å²) in [4.78, 5) is 15.1. The van der Waals surface area contributed by atoms with Gasteiger partial charge in [0.1, 0.15) is 17.7 Å². The number of tetrazole rings is 1. The van der Waals surface area contributed by atoms with E-state index in [4.69, 9.17) is 0 Å². The molecule has 25 heavy (non-hydrogen) atoms. The second-order valence-corrected chi connectivity index (χ2v) is 6.43. The molecular weight excluding hydrogens is 323 g/mol. The van der Waals surface area contributed by atoms with Gasteiger partial charge in [-0.25, -0.2) is 9.07 Å². The van der Waals surface area contributed by atoms with Crippen LogP contribution in [-0.2, 0) is 11.2 Å². The molecule has 0 aliphatic carbocycles. The summed E-state index contributed by atoms with van der Waals surface area (Å²) in [6, 6.07) is 5.97. The van der Waals surface area contributed by atoms with Crippen molar-refractivity contribution in [1.29, 1.82) is 0 Å². The molecule has 8 heteroatoms. The predicted octanol–water partition coefficient (Wildman–Crippen LogP) is 1.11. The smallest absolute Gasteiger partial charge is 0.247 e. The summed E-state index contributed by atoms with van der Waals surface area (Å²) < 4.78 is 14.7. The minimum Gasteiger partial charge on any atom is -0.339 e. The number of hydrogen-bond donors (Lipinski definition) is 1. The highest BCUT2D eigenvalue weighted by atomic mass is 19.1. The fourth-order valence-electron chi connectivity index (χ4n) is 3.27. The Balaban J connectivity index is 1.84. The summed E-state index contributed by atoms with van der Waals surface area (Å²) in [6.45, 7) is 3.19.